The molecule has 1 heterocycles. The zero-order valence-corrected chi connectivity index (χ0v) is 6.54. The number of aromatic nitrogens is 1. The Morgan fingerprint density at radius 1 is 1.43 bits per heavy atom. The first-order chi connectivity index (χ1) is 6.34. The highest BCUT2D eigenvalue weighted by molar-refractivity contribution is 5.90. The lowest BCUT2D eigenvalue weighted by Gasteiger charge is -2.08. The average Bonchev–Trinajstić information content (AvgIpc) is 2.01. The third-order valence-corrected chi connectivity index (χ3v) is 1.42. The minimum absolute atomic E-state index is 0.673. The number of hydrogen-bond acceptors (Lipinski definition) is 3. The molecule has 1 aromatic rings. The standard InChI is InChI=1S/C7H4F3NO3/c8-7(9,10)5-4(12)3(6(13)14)1-2-11-5/h1-2,12H,(H,13,14). The normalized spacial score (nSPS) is 11.4. The van der Waals surface area contributed by atoms with E-state index in [1.54, 1.807) is 0 Å². The molecule has 0 saturated carbocycles. The van der Waals surface area contributed by atoms with Gasteiger partial charge in [0.25, 0.3) is 0 Å². The summed E-state index contributed by atoms with van der Waals surface area (Å²) in [6.07, 6.45) is -4.19. The zero-order valence-electron chi connectivity index (χ0n) is 6.54. The number of nitrogens with zero attached hydrogens (tertiary/aromatic N) is 1. The number of pyridine rings is 1. The maximum Gasteiger partial charge on any atom is 0.437 e. The van der Waals surface area contributed by atoms with Crippen molar-refractivity contribution in [2.24, 2.45) is 0 Å². The molecule has 0 spiro atoms. The van der Waals surface area contributed by atoms with Crippen LogP contribution in [0.15, 0.2) is 12.3 Å². The molecule has 0 amide bonds. The Hall–Kier alpha value is -1.79. The Kier molecular flexibility index (Phi) is 2.33. The van der Waals surface area contributed by atoms with Crippen molar-refractivity contribution in [1.82, 2.24) is 4.98 Å². The van der Waals surface area contributed by atoms with Crippen LogP contribution in [-0.2, 0) is 6.18 Å². The second-order valence-corrected chi connectivity index (χ2v) is 2.36. The fourth-order valence-corrected chi connectivity index (χ4v) is 0.834. The zero-order chi connectivity index (χ0) is 10.9. The Labute approximate surface area is 75.6 Å². The molecule has 0 atom stereocenters. The largest absolute Gasteiger partial charge is 0.505 e. The third-order valence-electron chi connectivity index (χ3n) is 1.42. The van der Waals surface area contributed by atoms with E-state index < -0.39 is 29.2 Å². The summed E-state index contributed by atoms with van der Waals surface area (Å²) in [5.74, 6) is -3.01. The molecular weight excluding hydrogens is 203 g/mol. The van der Waals surface area contributed by atoms with Gasteiger partial charge in [0.05, 0.1) is 0 Å². The number of carboxylic acids is 1. The van der Waals surface area contributed by atoms with Crippen molar-refractivity contribution in [3.8, 4) is 5.75 Å². The van der Waals surface area contributed by atoms with Crippen molar-refractivity contribution in [2.45, 2.75) is 6.18 Å². The van der Waals surface area contributed by atoms with E-state index in [9.17, 15) is 18.0 Å². The number of carboxylic acid groups (broad SMARTS) is 1. The van der Waals surface area contributed by atoms with Crippen molar-refractivity contribution in [1.29, 1.82) is 0 Å². The second kappa shape index (κ2) is 3.17. The summed E-state index contributed by atoms with van der Waals surface area (Å²) in [7, 11) is 0. The molecule has 14 heavy (non-hydrogen) atoms. The van der Waals surface area contributed by atoms with Gasteiger partial charge in [-0.1, -0.05) is 0 Å². The summed E-state index contributed by atoms with van der Waals surface area (Å²) >= 11 is 0. The lowest BCUT2D eigenvalue weighted by molar-refractivity contribution is -0.142. The number of halogens is 3. The SMILES string of the molecule is O=C(O)c1ccnc(C(F)(F)F)c1O. The Balaban J connectivity index is 3.35. The minimum Gasteiger partial charge on any atom is -0.505 e. The second-order valence-electron chi connectivity index (χ2n) is 2.36. The van der Waals surface area contributed by atoms with Gasteiger partial charge in [-0.3, -0.25) is 0 Å². The summed E-state index contributed by atoms with van der Waals surface area (Å²) in [6, 6.07) is 0.785. The summed E-state index contributed by atoms with van der Waals surface area (Å²) in [4.78, 5) is 13.2. The van der Waals surface area contributed by atoms with Crippen LogP contribution in [0.1, 0.15) is 16.1 Å². The summed E-state index contributed by atoms with van der Waals surface area (Å²) in [5.41, 5.74) is -2.43. The Morgan fingerprint density at radius 3 is 2.43 bits per heavy atom. The fourth-order valence-electron chi connectivity index (χ4n) is 0.834. The number of carbonyl (C=O) groups is 1. The fraction of sp³-hybridized carbons (Fsp3) is 0.143. The van der Waals surface area contributed by atoms with Crippen LogP contribution >= 0.6 is 0 Å². The highest BCUT2D eigenvalue weighted by atomic mass is 19.4. The van der Waals surface area contributed by atoms with Gasteiger partial charge in [0, 0.05) is 6.20 Å². The first-order valence-electron chi connectivity index (χ1n) is 3.32. The lowest BCUT2D eigenvalue weighted by atomic mass is 10.2. The summed E-state index contributed by atoms with van der Waals surface area (Å²) in [6.45, 7) is 0. The van der Waals surface area contributed by atoms with Crippen molar-refractivity contribution < 1.29 is 28.2 Å². The molecule has 1 rings (SSSR count). The van der Waals surface area contributed by atoms with Crippen molar-refractivity contribution in [2.75, 3.05) is 0 Å². The van der Waals surface area contributed by atoms with Crippen molar-refractivity contribution in [3.63, 3.8) is 0 Å². The van der Waals surface area contributed by atoms with Crippen LogP contribution in [0.2, 0.25) is 0 Å². The van der Waals surface area contributed by atoms with Gasteiger partial charge in [-0.15, -0.1) is 0 Å². The van der Waals surface area contributed by atoms with Gasteiger partial charge in [-0.05, 0) is 6.07 Å². The van der Waals surface area contributed by atoms with Gasteiger partial charge in [0.1, 0.15) is 5.56 Å². The monoisotopic (exact) mass is 207 g/mol. The van der Waals surface area contributed by atoms with Crippen molar-refractivity contribution in [3.05, 3.63) is 23.5 Å². The van der Waals surface area contributed by atoms with Crippen LogP contribution in [0.3, 0.4) is 0 Å². The molecule has 0 radical (unpaired) electrons. The van der Waals surface area contributed by atoms with E-state index >= 15 is 0 Å². The maximum atomic E-state index is 12.1. The number of aromatic hydroxyl groups is 1. The molecule has 0 aliphatic carbocycles. The highest BCUT2D eigenvalue weighted by Crippen LogP contribution is 2.35. The molecule has 0 saturated heterocycles. The first kappa shape index (κ1) is 10.3. The van der Waals surface area contributed by atoms with Crippen molar-refractivity contribution >= 4 is 5.97 Å². The number of aromatic carboxylic acids is 1. The minimum atomic E-state index is -4.87. The third kappa shape index (κ3) is 1.76. The summed E-state index contributed by atoms with van der Waals surface area (Å²) in [5, 5.41) is 17.3. The van der Waals surface area contributed by atoms with Crippen LogP contribution in [0.5, 0.6) is 5.75 Å². The van der Waals surface area contributed by atoms with E-state index in [-0.39, 0.29) is 0 Å². The molecule has 0 unspecified atom stereocenters. The molecule has 0 aromatic carbocycles. The molecular formula is C7H4F3NO3. The van der Waals surface area contributed by atoms with Crippen LogP contribution in [0.4, 0.5) is 13.2 Å². The molecule has 0 aliphatic heterocycles. The van der Waals surface area contributed by atoms with Gasteiger partial charge in [-0.2, -0.15) is 13.2 Å². The lowest BCUT2D eigenvalue weighted by Crippen LogP contribution is -2.10. The molecule has 7 heteroatoms. The predicted octanol–water partition coefficient (Wildman–Crippen LogP) is 1.50. The molecule has 76 valence electrons. The molecule has 2 N–H and O–H groups in total. The van der Waals surface area contributed by atoms with Crippen LogP contribution in [-0.4, -0.2) is 21.2 Å². The van der Waals surface area contributed by atoms with E-state index in [4.69, 9.17) is 10.2 Å². The topological polar surface area (TPSA) is 70.4 Å². The number of rotatable bonds is 1. The van der Waals surface area contributed by atoms with Gasteiger partial charge in [0.2, 0.25) is 0 Å². The molecule has 1 aromatic heterocycles. The van der Waals surface area contributed by atoms with Gasteiger partial charge < -0.3 is 10.2 Å². The predicted molar refractivity (Wildman–Crippen MR) is 37.9 cm³/mol. The van der Waals surface area contributed by atoms with E-state index in [0.29, 0.717) is 6.20 Å². The van der Waals surface area contributed by atoms with Gasteiger partial charge >= 0.3 is 12.1 Å². The van der Waals surface area contributed by atoms with Gasteiger partial charge in [-0.25, -0.2) is 9.78 Å². The molecule has 0 fully saturated rings. The maximum absolute atomic E-state index is 12.1. The Bertz CT molecular complexity index is 375. The van der Waals surface area contributed by atoms with E-state index in [0.717, 1.165) is 6.07 Å². The smallest absolute Gasteiger partial charge is 0.437 e. The summed E-state index contributed by atoms with van der Waals surface area (Å²) < 4.78 is 36.2. The van der Waals surface area contributed by atoms with E-state index in [2.05, 4.69) is 4.98 Å². The molecule has 4 nitrogen and oxygen atoms in total. The Morgan fingerprint density at radius 2 is 2.00 bits per heavy atom. The quantitative estimate of drug-likeness (QED) is 0.732. The molecule has 0 bridgehead atoms. The van der Waals surface area contributed by atoms with Gasteiger partial charge in [0.15, 0.2) is 11.4 Å². The number of alkyl halides is 3. The average molecular weight is 207 g/mol. The van der Waals surface area contributed by atoms with Crippen LogP contribution in [0.25, 0.3) is 0 Å². The molecule has 0 aliphatic rings. The number of hydrogen-bond donors (Lipinski definition) is 2. The van der Waals surface area contributed by atoms with E-state index in [1.165, 1.54) is 0 Å². The van der Waals surface area contributed by atoms with Crippen LogP contribution < -0.4 is 0 Å². The van der Waals surface area contributed by atoms with E-state index in [1.807, 2.05) is 0 Å². The highest BCUT2D eigenvalue weighted by Gasteiger charge is 2.37. The van der Waals surface area contributed by atoms with Crippen LogP contribution in [0, 0.1) is 0 Å². The first-order valence-corrected chi connectivity index (χ1v) is 3.32.